The Morgan fingerprint density at radius 3 is 2.68 bits per heavy atom. The zero-order valence-electron chi connectivity index (χ0n) is 19.5. The lowest BCUT2D eigenvalue weighted by molar-refractivity contribution is -0.275. The van der Waals surface area contributed by atoms with E-state index >= 15 is 0 Å². The fourth-order valence-corrected chi connectivity index (χ4v) is 4.99. The SMILES string of the molecule is Cc1cc2c(C(N)=O)nn(CC(=O)N3[C@@H]4C[C@@H]4C[C@H]3C(=O)Cc3cccc(OC(F)(F)F)c3F)c2cn1. The largest absolute Gasteiger partial charge is 0.573 e. The number of aromatic nitrogens is 3. The molecule has 37 heavy (non-hydrogen) atoms. The van der Waals surface area contributed by atoms with E-state index in [0.29, 0.717) is 29.4 Å². The second-order valence-electron chi connectivity index (χ2n) is 9.25. The summed E-state index contributed by atoms with van der Waals surface area (Å²) in [5.74, 6) is -3.89. The normalized spacial score (nSPS) is 20.7. The van der Waals surface area contributed by atoms with Crippen LogP contribution in [0.1, 0.15) is 34.6 Å². The molecule has 3 heterocycles. The van der Waals surface area contributed by atoms with Crippen molar-refractivity contribution in [2.75, 3.05) is 0 Å². The minimum atomic E-state index is -5.08. The molecule has 194 valence electrons. The second-order valence-corrected chi connectivity index (χ2v) is 9.25. The number of likely N-dealkylation sites (tertiary alicyclic amines) is 1. The number of hydrogen-bond donors (Lipinski definition) is 1. The van der Waals surface area contributed by atoms with E-state index in [9.17, 15) is 31.9 Å². The summed E-state index contributed by atoms with van der Waals surface area (Å²) in [4.78, 5) is 44.0. The van der Waals surface area contributed by atoms with Gasteiger partial charge in [-0.1, -0.05) is 12.1 Å². The van der Waals surface area contributed by atoms with E-state index in [1.54, 1.807) is 13.0 Å². The van der Waals surface area contributed by atoms with E-state index in [-0.39, 0.29) is 29.8 Å². The van der Waals surface area contributed by atoms with Gasteiger partial charge in [-0.2, -0.15) is 5.10 Å². The number of benzene rings is 1. The highest BCUT2D eigenvalue weighted by molar-refractivity contribution is 6.04. The van der Waals surface area contributed by atoms with Crippen LogP contribution in [0.5, 0.6) is 5.75 Å². The van der Waals surface area contributed by atoms with Crippen LogP contribution in [0, 0.1) is 18.7 Å². The van der Waals surface area contributed by atoms with Crippen LogP contribution in [0.15, 0.2) is 30.5 Å². The van der Waals surface area contributed by atoms with Gasteiger partial charge in [0.05, 0.1) is 17.8 Å². The van der Waals surface area contributed by atoms with Crippen molar-refractivity contribution in [2.45, 2.75) is 51.2 Å². The molecule has 2 amide bonds. The van der Waals surface area contributed by atoms with Gasteiger partial charge in [-0.3, -0.25) is 24.0 Å². The first-order valence-corrected chi connectivity index (χ1v) is 11.4. The van der Waals surface area contributed by atoms with Crippen LogP contribution in [0.4, 0.5) is 17.6 Å². The van der Waals surface area contributed by atoms with Gasteiger partial charge in [-0.05, 0) is 43.4 Å². The smallest absolute Gasteiger partial charge is 0.403 e. The van der Waals surface area contributed by atoms with E-state index < -0.39 is 48.0 Å². The maximum Gasteiger partial charge on any atom is 0.573 e. The minimum Gasteiger partial charge on any atom is -0.403 e. The Labute approximate surface area is 207 Å². The molecule has 1 saturated heterocycles. The zero-order chi connectivity index (χ0) is 26.6. The number of Topliss-reactive ketones (excluding diaryl/α,β-unsaturated/α-hetero) is 1. The second kappa shape index (κ2) is 8.82. The monoisotopic (exact) mass is 519 g/mol. The van der Waals surface area contributed by atoms with Crippen molar-refractivity contribution in [3.05, 3.63) is 53.2 Å². The van der Waals surface area contributed by atoms with Crippen molar-refractivity contribution in [1.29, 1.82) is 0 Å². The first-order chi connectivity index (χ1) is 17.4. The molecule has 5 rings (SSSR count). The fourth-order valence-electron chi connectivity index (χ4n) is 4.99. The summed E-state index contributed by atoms with van der Waals surface area (Å²) in [5.41, 5.74) is 6.22. The molecule has 0 radical (unpaired) electrons. The lowest BCUT2D eigenvalue weighted by Crippen LogP contribution is -2.45. The molecule has 2 aliphatic rings. The predicted octanol–water partition coefficient (Wildman–Crippen LogP) is 2.68. The summed E-state index contributed by atoms with van der Waals surface area (Å²) in [6.07, 6.45) is -3.02. The number of alkyl halides is 3. The number of piperidine rings is 1. The fraction of sp³-hybridized carbons (Fsp3) is 0.375. The molecule has 1 aromatic carbocycles. The minimum absolute atomic E-state index is 0.0110. The van der Waals surface area contributed by atoms with Crippen LogP contribution in [-0.4, -0.2) is 55.7 Å². The van der Waals surface area contributed by atoms with Gasteiger partial charge >= 0.3 is 6.36 Å². The summed E-state index contributed by atoms with van der Waals surface area (Å²) in [6, 6.07) is 3.80. The molecule has 0 spiro atoms. The standard InChI is InChI=1S/C24H21F4N5O4/c1-11-5-14-17(9-30-11)32(31-22(14)23(29)36)10-20(35)33-15-6-13(15)7-16(33)18(34)8-12-3-2-4-19(21(12)25)37-24(26,27)28/h2-5,9,13,15-16H,6-8,10H2,1H3,(H2,29,36)/t13-,15-,16+/m1/s1. The highest BCUT2D eigenvalue weighted by Crippen LogP contribution is 2.48. The third kappa shape index (κ3) is 4.72. The number of carbonyl (C=O) groups excluding carboxylic acids is 3. The van der Waals surface area contributed by atoms with Crippen molar-refractivity contribution >= 4 is 28.5 Å². The van der Waals surface area contributed by atoms with Crippen molar-refractivity contribution < 1.29 is 36.7 Å². The van der Waals surface area contributed by atoms with E-state index in [1.807, 2.05) is 0 Å². The van der Waals surface area contributed by atoms with Crippen LogP contribution >= 0.6 is 0 Å². The van der Waals surface area contributed by atoms with Gasteiger partial charge < -0.3 is 15.4 Å². The molecule has 0 unspecified atom stereocenters. The van der Waals surface area contributed by atoms with Crippen molar-refractivity contribution in [2.24, 2.45) is 11.7 Å². The third-order valence-electron chi connectivity index (χ3n) is 6.69. The molecule has 0 bridgehead atoms. The highest BCUT2D eigenvalue weighted by atomic mass is 19.4. The highest BCUT2D eigenvalue weighted by Gasteiger charge is 2.55. The maximum absolute atomic E-state index is 14.6. The van der Waals surface area contributed by atoms with Crippen LogP contribution in [-0.2, 0) is 22.6 Å². The van der Waals surface area contributed by atoms with Gasteiger partial charge in [0, 0.05) is 23.5 Å². The number of nitrogens with zero attached hydrogens (tertiary/aromatic N) is 4. The number of pyridine rings is 1. The molecule has 2 fully saturated rings. The Balaban J connectivity index is 1.36. The van der Waals surface area contributed by atoms with Gasteiger partial charge in [0.25, 0.3) is 5.91 Å². The average Bonchev–Trinajstić information content (AvgIpc) is 3.32. The van der Waals surface area contributed by atoms with Gasteiger partial charge in [0.1, 0.15) is 6.54 Å². The number of aryl methyl sites for hydroxylation is 1. The van der Waals surface area contributed by atoms with Crippen molar-refractivity contribution in [1.82, 2.24) is 19.7 Å². The van der Waals surface area contributed by atoms with Crippen molar-refractivity contribution in [3.63, 3.8) is 0 Å². The molecule has 13 heteroatoms. The van der Waals surface area contributed by atoms with E-state index in [2.05, 4.69) is 14.8 Å². The summed E-state index contributed by atoms with van der Waals surface area (Å²) < 4.78 is 57.3. The molecule has 1 saturated carbocycles. The Hall–Kier alpha value is -4.03. The number of fused-ring (bicyclic) bond motifs is 2. The van der Waals surface area contributed by atoms with Crippen LogP contribution in [0.25, 0.3) is 10.9 Å². The summed E-state index contributed by atoms with van der Waals surface area (Å²) in [5, 5.41) is 4.63. The number of rotatable bonds is 7. The molecular weight excluding hydrogens is 498 g/mol. The van der Waals surface area contributed by atoms with Gasteiger partial charge in [-0.15, -0.1) is 13.2 Å². The average molecular weight is 519 g/mol. The predicted molar refractivity (Wildman–Crippen MR) is 120 cm³/mol. The Morgan fingerprint density at radius 2 is 1.97 bits per heavy atom. The topological polar surface area (TPSA) is 120 Å². The zero-order valence-corrected chi connectivity index (χ0v) is 19.5. The van der Waals surface area contributed by atoms with Gasteiger partial charge in [0.15, 0.2) is 23.0 Å². The lowest BCUT2D eigenvalue weighted by atomic mass is 9.99. The van der Waals surface area contributed by atoms with Crippen LogP contribution in [0.3, 0.4) is 0 Å². The molecule has 2 N–H and O–H groups in total. The molecule has 3 aromatic rings. The first kappa shape index (κ1) is 24.7. The molecule has 1 aliphatic heterocycles. The lowest BCUT2D eigenvalue weighted by Gasteiger charge is -2.27. The Kier molecular flexibility index (Phi) is 5.88. The number of amides is 2. The molecular formula is C24H21F4N5O4. The number of ether oxygens (including phenoxy) is 1. The van der Waals surface area contributed by atoms with Crippen molar-refractivity contribution in [3.8, 4) is 5.75 Å². The number of primary amides is 1. The van der Waals surface area contributed by atoms with Gasteiger partial charge in [-0.25, -0.2) is 4.39 Å². The number of hydrogen-bond acceptors (Lipinski definition) is 6. The van der Waals surface area contributed by atoms with E-state index in [1.165, 1.54) is 21.8 Å². The van der Waals surface area contributed by atoms with Gasteiger partial charge in [0.2, 0.25) is 5.91 Å². The quantitative estimate of drug-likeness (QED) is 0.480. The molecule has 2 aromatic heterocycles. The van der Waals surface area contributed by atoms with Crippen LogP contribution in [0.2, 0.25) is 0 Å². The summed E-state index contributed by atoms with van der Waals surface area (Å²) >= 11 is 0. The molecule has 1 aliphatic carbocycles. The number of halogens is 4. The Bertz CT molecular complexity index is 1440. The Morgan fingerprint density at radius 1 is 1.22 bits per heavy atom. The van der Waals surface area contributed by atoms with E-state index in [4.69, 9.17) is 5.73 Å². The summed E-state index contributed by atoms with van der Waals surface area (Å²) in [7, 11) is 0. The third-order valence-corrected chi connectivity index (χ3v) is 6.69. The van der Waals surface area contributed by atoms with Crippen LogP contribution < -0.4 is 10.5 Å². The van der Waals surface area contributed by atoms with E-state index in [0.717, 1.165) is 12.1 Å². The first-order valence-electron chi connectivity index (χ1n) is 11.4. The maximum atomic E-state index is 14.6. The number of nitrogens with two attached hydrogens (primary N) is 1. The number of carbonyl (C=O) groups is 3. The molecule has 9 nitrogen and oxygen atoms in total. The number of ketones is 1. The summed E-state index contributed by atoms with van der Waals surface area (Å²) in [6.45, 7) is 1.44. The molecule has 3 atom stereocenters.